The van der Waals surface area contributed by atoms with Crippen molar-refractivity contribution in [2.75, 3.05) is 18.0 Å². The molecule has 2 aliphatic rings. The molecule has 1 aliphatic heterocycles. The van der Waals surface area contributed by atoms with E-state index in [1.54, 1.807) is 0 Å². The maximum atomic E-state index is 12.6. The van der Waals surface area contributed by atoms with Gasteiger partial charge in [-0.05, 0) is 57.9 Å². The van der Waals surface area contributed by atoms with Crippen LogP contribution in [0.2, 0.25) is 0 Å². The summed E-state index contributed by atoms with van der Waals surface area (Å²) in [7, 11) is -1.00. The molecule has 1 saturated heterocycles. The predicted molar refractivity (Wildman–Crippen MR) is 106 cm³/mol. The lowest BCUT2D eigenvalue weighted by molar-refractivity contribution is 0.187. The molecule has 2 aromatic rings. The zero-order valence-electron chi connectivity index (χ0n) is 15.9. The first-order chi connectivity index (χ1) is 12.4. The van der Waals surface area contributed by atoms with Crippen LogP contribution in [0.25, 0.3) is 5.65 Å². The minimum absolute atomic E-state index is 0.217. The lowest BCUT2D eigenvalue weighted by Crippen LogP contribution is -2.51. The molecule has 1 spiro atoms. The van der Waals surface area contributed by atoms with Crippen LogP contribution in [0.3, 0.4) is 0 Å². The van der Waals surface area contributed by atoms with Gasteiger partial charge in [0.15, 0.2) is 0 Å². The largest absolute Gasteiger partial charge is 0.342 e. The van der Waals surface area contributed by atoms with Crippen LogP contribution in [0, 0.1) is 5.41 Å². The first-order valence-electron chi connectivity index (χ1n) is 9.60. The summed E-state index contributed by atoms with van der Waals surface area (Å²) in [6.45, 7) is 8.10. The molecule has 2 fully saturated rings. The van der Waals surface area contributed by atoms with Crippen LogP contribution in [0.4, 0.5) is 5.95 Å². The zero-order chi connectivity index (χ0) is 18.4. The molecule has 4 rings (SSSR count). The second-order valence-corrected chi connectivity index (χ2v) is 10.7. The number of nitrogens with one attached hydrogen (secondary N) is 1. The van der Waals surface area contributed by atoms with Crippen LogP contribution in [-0.2, 0) is 11.0 Å². The summed E-state index contributed by atoms with van der Waals surface area (Å²) < 4.78 is 18.0. The maximum absolute atomic E-state index is 12.6. The van der Waals surface area contributed by atoms with Gasteiger partial charge >= 0.3 is 0 Å². The topological polar surface area (TPSA) is 62.5 Å². The molecule has 0 aromatic carbocycles. The molecular weight excluding hydrogens is 346 g/mol. The molecule has 0 amide bonds. The molecule has 2 aromatic heterocycles. The fourth-order valence-electron chi connectivity index (χ4n) is 4.45. The number of nitrogens with zero attached hydrogens (tertiary/aromatic N) is 4. The molecule has 142 valence electrons. The Morgan fingerprint density at radius 1 is 1.19 bits per heavy atom. The van der Waals surface area contributed by atoms with E-state index in [1.807, 2.05) is 45.4 Å². The third kappa shape index (κ3) is 3.16. The average Bonchev–Trinajstić information content (AvgIpc) is 3.22. The van der Waals surface area contributed by atoms with E-state index in [-0.39, 0.29) is 10.2 Å². The van der Waals surface area contributed by atoms with Crippen molar-refractivity contribution in [3.63, 3.8) is 0 Å². The minimum atomic E-state index is -1.00. The number of piperidine rings is 1. The van der Waals surface area contributed by atoms with Gasteiger partial charge in [0, 0.05) is 37.7 Å². The van der Waals surface area contributed by atoms with Gasteiger partial charge in [-0.15, -0.1) is 0 Å². The van der Waals surface area contributed by atoms with Gasteiger partial charge in [-0.3, -0.25) is 4.40 Å². The summed E-state index contributed by atoms with van der Waals surface area (Å²) in [5.74, 6) is 0.982. The van der Waals surface area contributed by atoms with Crippen LogP contribution >= 0.6 is 0 Å². The molecule has 6 nitrogen and oxygen atoms in total. The Balaban J connectivity index is 1.48. The van der Waals surface area contributed by atoms with Gasteiger partial charge in [0.05, 0.1) is 15.7 Å². The highest BCUT2D eigenvalue weighted by Gasteiger charge is 2.46. The standard InChI is InChI=1S/C19H29N5OS/c1-18(2,3)26(25)22-15-5-4-7-19(15)8-12-23(13-9-19)17-21-10-6-16-20-11-14-24(16)17/h6,10-11,14-15,22H,4-5,7-9,12-13H2,1-3H3/t15-,26-/m1/s1. The maximum Gasteiger partial charge on any atom is 0.211 e. The van der Waals surface area contributed by atoms with Gasteiger partial charge in [-0.25, -0.2) is 18.9 Å². The molecule has 1 N–H and O–H groups in total. The van der Waals surface area contributed by atoms with Crippen molar-refractivity contribution in [1.82, 2.24) is 19.1 Å². The second-order valence-electron chi connectivity index (χ2n) is 8.69. The summed E-state index contributed by atoms with van der Waals surface area (Å²) in [5, 5.41) is 0. The Morgan fingerprint density at radius 2 is 1.96 bits per heavy atom. The van der Waals surface area contributed by atoms with Crippen LogP contribution in [-0.4, -0.2) is 42.5 Å². The van der Waals surface area contributed by atoms with E-state index in [0.717, 1.165) is 43.9 Å². The molecule has 26 heavy (non-hydrogen) atoms. The van der Waals surface area contributed by atoms with E-state index in [9.17, 15) is 4.21 Å². The molecule has 7 heteroatoms. The summed E-state index contributed by atoms with van der Waals surface area (Å²) in [6.07, 6.45) is 11.5. The summed E-state index contributed by atoms with van der Waals surface area (Å²) >= 11 is 0. The summed E-state index contributed by atoms with van der Waals surface area (Å²) in [6, 6.07) is 2.30. The van der Waals surface area contributed by atoms with E-state index in [0.29, 0.717) is 6.04 Å². The Kier molecular flexibility index (Phi) is 4.55. The SMILES string of the molecule is CC(C)(C)[S@@](=O)N[C@@H]1CCCC12CCN(c1nccc3nccn13)CC2. The van der Waals surface area contributed by atoms with Crippen molar-refractivity contribution in [2.24, 2.45) is 5.41 Å². The number of hydrogen-bond acceptors (Lipinski definition) is 4. The van der Waals surface area contributed by atoms with Crippen molar-refractivity contribution in [1.29, 1.82) is 0 Å². The van der Waals surface area contributed by atoms with Gasteiger partial charge in [0.1, 0.15) is 5.65 Å². The van der Waals surface area contributed by atoms with Crippen LogP contribution in [0.5, 0.6) is 0 Å². The van der Waals surface area contributed by atoms with Crippen molar-refractivity contribution in [3.05, 3.63) is 24.7 Å². The van der Waals surface area contributed by atoms with Crippen molar-refractivity contribution in [3.8, 4) is 0 Å². The lowest BCUT2D eigenvalue weighted by Gasteiger charge is -2.44. The molecule has 0 radical (unpaired) electrons. The van der Waals surface area contributed by atoms with E-state index in [1.165, 1.54) is 12.8 Å². The van der Waals surface area contributed by atoms with Crippen LogP contribution in [0.15, 0.2) is 24.7 Å². The third-order valence-corrected chi connectivity index (χ3v) is 7.66. The van der Waals surface area contributed by atoms with Gasteiger partial charge in [0.2, 0.25) is 5.95 Å². The highest BCUT2D eigenvalue weighted by atomic mass is 32.2. The molecular formula is C19H29N5OS. The minimum Gasteiger partial charge on any atom is -0.342 e. The van der Waals surface area contributed by atoms with Crippen molar-refractivity contribution in [2.45, 2.75) is 63.7 Å². The Hall–Kier alpha value is -1.47. The molecule has 3 heterocycles. The Labute approximate surface area is 158 Å². The van der Waals surface area contributed by atoms with Crippen LogP contribution in [0.1, 0.15) is 52.9 Å². The number of rotatable bonds is 3. The Morgan fingerprint density at radius 3 is 2.69 bits per heavy atom. The van der Waals surface area contributed by atoms with E-state index < -0.39 is 11.0 Å². The monoisotopic (exact) mass is 375 g/mol. The lowest BCUT2D eigenvalue weighted by atomic mass is 9.74. The van der Waals surface area contributed by atoms with E-state index in [2.05, 4.69) is 24.0 Å². The van der Waals surface area contributed by atoms with Crippen molar-refractivity contribution < 1.29 is 4.21 Å². The molecule has 1 aliphatic carbocycles. The van der Waals surface area contributed by atoms with Gasteiger partial charge in [-0.1, -0.05) is 6.42 Å². The van der Waals surface area contributed by atoms with Gasteiger partial charge < -0.3 is 4.90 Å². The van der Waals surface area contributed by atoms with Crippen LogP contribution < -0.4 is 9.62 Å². The zero-order valence-corrected chi connectivity index (χ0v) is 16.8. The quantitative estimate of drug-likeness (QED) is 0.896. The number of anilines is 1. The predicted octanol–water partition coefficient (Wildman–Crippen LogP) is 2.92. The highest BCUT2D eigenvalue weighted by molar-refractivity contribution is 7.84. The first-order valence-corrected chi connectivity index (χ1v) is 10.8. The number of fused-ring (bicyclic) bond motifs is 1. The second kappa shape index (κ2) is 6.60. The normalized spacial score (nSPS) is 24.4. The molecule has 0 bridgehead atoms. The van der Waals surface area contributed by atoms with Crippen molar-refractivity contribution >= 4 is 22.6 Å². The van der Waals surface area contributed by atoms with E-state index in [4.69, 9.17) is 0 Å². The fraction of sp³-hybridized carbons (Fsp3) is 0.684. The number of imidazole rings is 1. The summed E-state index contributed by atoms with van der Waals surface area (Å²) in [4.78, 5) is 11.3. The first kappa shape index (κ1) is 17.9. The van der Waals surface area contributed by atoms with E-state index >= 15 is 0 Å². The molecule has 1 saturated carbocycles. The smallest absolute Gasteiger partial charge is 0.211 e. The fourth-order valence-corrected chi connectivity index (χ4v) is 5.43. The number of hydrogen-bond donors (Lipinski definition) is 1. The molecule has 2 atom stereocenters. The number of aromatic nitrogens is 3. The summed E-state index contributed by atoms with van der Waals surface area (Å²) in [5.41, 5.74) is 1.22. The van der Waals surface area contributed by atoms with Gasteiger partial charge in [0.25, 0.3) is 0 Å². The van der Waals surface area contributed by atoms with Gasteiger partial charge in [-0.2, -0.15) is 0 Å². The molecule has 0 unspecified atom stereocenters. The average molecular weight is 376 g/mol. The Bertz CT molecular complexity index is 804. The highest BCUT2D eigenvalue weighted by Crippen LogP contribution is 2.47. The third-order valence-electron chi connectivity index (χ3n) is 6.05.